The summed E-state index contributed by atoms with van der Waals surface area (Å²) in [5.74, 6) is 1.09. The van der Waals surface area contributed by atoms with Gasteiger partial charge in [-0.1, -0.05) is 76.7 Å². The van der Waals surface area contributed by atoms with Crippen LogP contribution in [0.2, 0.25) is 19.6 Å². The van der Waals surface area contributed by atoms with Crippen LogP contribution in [0, 0.1) is 0 Å². The Morgan fingerprint density at radius 1 is 0.882 bits per heavy atom. The van der Waals surface area contributed by atoms with Crippen molar-refractivity contribution in [3.8, 4) is 0 Å². The molecule has 1 rings (SSSR count). The Kier molecular flexibility index (Phi) is 4.42. The first kappa shape index (κ1) is 14.3. The summed E-state index contributed by atoms with van der Waals surface area (Å²) in [7, 11) is -1.43. The molecular formula is C15H26NSi-. The molecule has 0 aliphatic carbocycles. The van der Waals surface area contributed by atoms with Gasteiger partial charge < -0.3 is 4.98 Å². The van der Waals surface area contributed by atoms with Crippen LogP contribution in [-0.2, 0) is 0 Å². The molecule has 1 nitrogen and oxygen atoms in total. The van der Waals surface area contributed by atoms with Crippen LogP contribution in [-0.4, -0.2) is 8.24 Å². The first-order chi connectivity index (χ1) is 7.72. The maximum atomic E-state index is 5.07. The molecule has 1 aromatic carbocycles. The molecule has 0 aromatic heterocycles. The van der Waals surface area contributed by atoms with Gasteiger partial charge in [-0.2, -0.15) is 0 Å². The average Bonchev–Trinajstić information content (AvgIpc) is 2.14. The lowest BCUT2D eigenvalue weighted by atomic mass is 9.93. The van der Waals surface area contributed by atoms with Gasteiger partial charge in [0.05, 0.1) is 0 Å². The minimum atomic E-state index is -1.43. The van der Waals surface area contributed by atoms with E-state index in [2.05, 4.69) is 65.5 Å². The molecule has 2 heteroatoms. The molecular weight excluding hydrogens is 222 g/mol. The van der Waals surface area contributed by atoms with E-state index in [0.29, 0.717) is 11.8 Å². The summed E-state index contributed by atoms with van der Waals surface area (Å²) in [4.78, 5) is 5.07. The molecule has 0 amide bonds. The van der Waals surface area contributed by atoms with Crippen molar-refractivity contribution in [2.75, 3.05) is 0 Å². The fraction of sp³-hybridized carbons (Fsp3) is 0.600. The van der Waals surface area contributed by atoms with Gasteiger partial charge in [0.1, 0.15) is 0 Å². The highest BCUT2D eigenvalue weighted by atomic mass is 28.3. The van der Waals surface area contributed by atoms with Crippen LogP contribution in [0.25, 0.3) is 4.98 Å². The fourth-order valence-corrected chi connectivity index (χ4v) is 2.91. The van der Waals surface area contributed by atoms with Gasteiger partial charge >= 0.3 is 0 Å². The lowest BCUT2D eigenvalue weighted by Crippen LogP contribution is -2.18. The van der Waals surface area contributed by atoms with Crippen molar-refractivity contribution in [3.63, 3.8) is 0 Å². The first-order valence-electron chi connectivity index (χ1n) is 6.58. The summed E-state index contributed by atoms with van der Waals surface area (Å²) in [6, 6.07) is 6.64. The number of hydrogen-bond donors (Lipinski definition) is 0. The molecule has 0 spiro atoms. The van der Waals surface area contributed by atoms with Gasteiger partial charge in [0, 0.05) is 0 Å². The normalized spacial score (nSPS) is 12.3. The van der Waals surface area contributed by atoms with Gasteiger partial charge in [-0.05, 0) is 20.1 Å². The molecule has 0 bridgehead atoms. The molecule has 0 fully saturated rings. The number of nitrogens with zero attached hydrogens (tertiary/aromatic N) is 1. The average molecular weight is 248 g/mol. The largest absolute Gasteiger partial charge is 0.687 e. The second-order valence-electron chi connectivity index (χ2n) is 6.38. The Hall–Kier alpha value is -0.763. The molecule has 0 heterocycles. The maximum absolute atomic E-state index is 5.07. The molecule has 0 aliphatic rings. The zero-order valence-electron chi connectivity index (χ0n) is 12.3. The van der Waals surface area contributed by atoms with Crippen LogP contribution < -0.4 is 0 Å². The lowest BCUT2D eigenvalue weighted by molar-refractivity contribution is 0.841. The van der Waals surface area contributed by atoms with E-state index in [9.17, 15) is 0 Å². The van der Waals surface area contributed by atoms with E-state index in [4.69, 9.17) is 4.98 Å². The Balaban J connectivity index is 3.29. The Labute approximate surface area is 108 Å². The third kappa shape index (κ3) is 3.88. The summed E-state index contributed by atoms with van der Waals surface area (Å²) in [5.41, 5.74) is 4.08. The van der Waals surface area contributed by atoms with Crippen molar-refractivity contribution < 1.29 is 0 Å². The van der Waals surface area contributed by atoms with Crippen molar-refractivity contribution in [2.24, 2.45) is 0 Å². The van der Waals surface area contributed by atoms with E-state index in [1.807, 2.05) is 0 Å². The third-order valence-corrected chi connectivity index (χ3v) is 3.68. The summed E-state index contributed by atoms with van der Waals surface area (Å²) >= 11 is 0. The molecule has 0 unspecified atom stereocenters. The second-order valence-corrected chi connectivity index (χ2v) is 10.9. The predicted molar refractivity (Wildman–Crippen MR) is 81.0 cm³/mol. The standard InChI is InChI=1S/C15H26NSi/c1-11(2)13-9-8-10-14(12(3)4)15(13)16-17(5,6)7/h8-12H,1-7H3/q-1. The van der Waals surface area contributed by atoms with Crippen LogP contribution in [0.4, 0.5) is 5.69 Å². The predicted octanol–water partition coefficient (Wildman–Crippen LogP) is 5.77. The molecule has 0 atom stereocenters. The fourth-order valence-electron chi connectivity index (χ4n) is 1.98. The zero-order valence-corrected chi connectivity index (χ0v) is 13.3. The van der Waals surface area contributed by atoms with Crippen LogP contribution in [0.3, 0.4) is 0 Å². The second kappa shape index (κ2) is 5.26. The van der Waals surface area contributed by atoms with Crippen LogP contribution >= 0.6 is 0 Å². The van der Waals surface area contributed by atoms with Crippen LogP contribution in [0.15, 0.2) is 18.2 Å². The Morgan fingerprint density at radius 2 is 1.29 bits per heavy atom. The lowest BCUT2D eigenvalue weighted by Gasteiger charge is -2.41. The minimum Gasteiger partial charge on any atom is -0.687 e. The number of rotatable bonds is 4. The summed E-state index contributed by atoms with van der Waals surface area (Å²) < 4.78 is 0. The Morgan fingerprint density at radius 3 is 1.59 bits per heavy atom. The molecule has 0 N–H and O–H groups in total. The number of benzene rings is 1. The molecule has 17 heavy (non-hydrogen) atoms. The van der Waals surface area contributed by atoms with Crippen LogP contribution in [0.5, 0.6) is 0 Å². The zero-order chi connectivity index (χ0) is 13.2. The molecule has 1 aromatic rings. The first-order valence-corrected chi connectivity index (χ1v) is 10.0. The van der Waals surface area contributed by atoms with E-state index < -0.39 is 8.24 Å². The molecule has 0 radical (unpaired) electrons. The third-order valence-electron chi connectivity index (χ3n) is 2.79. The van der Waals surface area contributed by atoms with E-state index >= 15 is 0 Å². The highest BCUT2D eigenvalue weighted by molar-refractivity contribution is 6.82. The van der Waals surface area contributed by atoms with Gasteiger partial charge in [-0.15, -0.1) is 5.69 Å². The van der Waals surface area contributed by atoms with Crippen molar-refractivity contribution in [3.05, 3.63) is 34.3 Å². The summed E-state index contributed by atoms with van der Waals surface area (Å²) in [6.45, 7) is 15.9. The molecule has 96 valence electrons. The summed E-state index contributed by atoms with van der Waals surface area (Å²) in [6.07, 6.45) is 0. The van der Waals surface area contributed by atoms with E-state index in [0.717, 1.165) is 0 Å². The van der Waals surface area contributed by atoms with Gasteiger partial charge in [-0.3, -0.25) is 0 Å². The monoisotopic (exact) mass is 248 g/mol. The smallest absolute Gasteiger partial charge is 0.0231 e. The molecule has 0 aliphatic heterocycles. The van der Waals surface area contributed by atoms with Crippen molar-refractivity contribution >= 4 is 13.9 Å². The van der Waals surface area contributed by atoms with Gasteiger partial charge in [-0.25, -0.2) is 0 Å². The van der Waals surface area contributed by atoms with Crippen molar-refractivity contribution in [1.29, 1.82) is 0 Å². The quantitative estimate of drug-likeness (QED) is 0.600. The maximum Gasteiger partial charge on any atom is -0.0231 e. The Bertz CT molecular complexity index is 349. The van der Waals surface area contributed by atoms with Gasteiger partial charge in [0.2, 0.25) is 0 Å². The topological polar surface area (TPSA) is 14.1 Å². The number of hydrogen-bond acceptors (Lipinski definition) is 0. The molecule has 0 saturated carbocycles. The summed E-state index contributed by atoms with van der Waals surface area (Å²) in [5, 5.41) is 0. The van der Waals surface area contributed by atoms with E-state index in [1.54, 1.807) is 0 Å². The van der Waals surface area contributed by atoms with Crippen LogP contribution in [0.1, 0.15) is 50.7 Å². The van der Waals surface area contributed by atoms with Crippen molar-refractivity contribution in [2.45, 2.75) is 59.2 Å². The highest BCUT2D eigenvalue weighted by Crippen LogP contribution is 2.40. The minimum absolute atomic E-state index is 0.545. The van der Waals surface area contributed by atoms with Gasteiger partial charge in [0.25, 0.3) is 0 Å². The van der Waals surface area contributed by atoms with Crippen molar-refractivity contribution in [1.82, 2.24) is 0 Å². The van der Waals surface area contributed by atoms with E-state index in [1.165, 1.54) is 16.8 Å². The highest BCUT2D eigenvalue weighted by Gasteiger charge is 2.10. The molecule has 0 saturated heterocycles. The van der Waals surface area contributed by atoms with E-state index in [-0.39, 0.29) is 0 Å². The SMILES string of the molecule is CC(C)c1cccc(C(C)C)c1[N-][Si](C)(C)C. The van der Waals surface area contributed by atoms with Gasteiger partial charge in [0.15, 0.2) is 0 Å².